The van der Waals surface area contributed by atoms with Gasteiger partial charge in [0.25, 0.3) is 17.3 Å². The van der Waals surface area contributed by atoms with Crippen LogP contribution in [-0.2, 0) is 4.74 Å². The van der Waals surface area contributed by atoms with Gasteiger partial charge in [-0.3, -0.25) is 30.3 Å². The highest BCUT2D eigenvalue weighted by molar-refractivity contribution is 7.80. The molecule has 12 heteroatoms. The van der Waals surface area contributed by atoms with Crippen molar-refractivity contribution in [1.29, 1.82) is 0 Å². The number of nitrogens with one attached hydrogen (secondary N) is 2. The van der Waals surface area contributed by atoms with Crippen LogP contribution < -0.4 is 15.5 Å². The minimum absolute atomic E-state index is 0.0589. The molecule has 1 aliphatic heterocycles. The largest absolute Gasteiger partial charge is 0.378 e. The van der Waals surface area contributed by atoms with E-state index in [2.05, 4.69) is 10.6 Å². The summed E-state index contributed by atoms with van der Waals surface area (Å²) in [6, 6.07) is 8.42. The molecule has 162 valence electrons. The fraction of sp³-hybridized carbons (Fsp3) is 0.263. The van der Waals surface area contributed by atoms with Gasteiger partial charge in [-0.1, -0.05) is 6.07 Å². The average Bonchev–Trinajstić information content (AvgIpc) is 2.75. The van der Waals surface area contributed by atoms with Crippen LogP contribution >= 0.6 is 12.2 Å². The van der Waals surface area contributed by atoms with Crippen LogP contribution in [0.4, 0.5) is 22.7 Å². The number of anilines is 2. The number of nitro groups is 2. The monoisotopic (exact) mass is 445 g/mol. The molecule has 0 aliphatic carbocycles. The number of nitro benzene ring substituents is 2. The third kappa shape index (κ3) is 5.29. The number of non-ortho nitro benzene ring substituents is 1. The lowest BCUT2D eigenvalue weighted by Gasteiger charge is -2.28. The van der Waals surface area contributed by atoms with Crippen LogP contribution in [0.3, 0.4) is 0 Å². The van der Waals surface area contributed by atoms with Gasteiger partial charge in [0, 0.05) is 42.5 Å². The van der Waals surface area contributed by atoms with E-state index in [1.807, 2.05) is 4.90 Å². The Bertz CT molecular complexity index is 1050. The molecule has 0 aromatic heterocycles. The molecule has 0 bridgehead atoms. The summed E-state index contributed by atoms with van der Waals surface area (Å²) in [6.45, 7) is 3.70. The lowest BCUT2D eigenvalue weighted by Crippen LogP contribution is -2.37. The van der Waals surface area contributed by atoms with Gasteiger partial charge in [-0.15, -0.1) is 0 Å². The highest BCUT2D eigenvalue weighted by Crippen LogP contribution is 2.30. The average molecular weight is 445 g/mol. The number of amides is 1. The normalized spacial score (nSPS) is 13.4. The summed E-state index contributed by atoms with van der Waals surface area (Å²) in [4.78, 5) is 35.8. The van der Waals surface area contributed by atoms with Crippen molar-refractivity contribution in [2.24, 2.45) is 0 Å². The summed E-state index contributed by atoms with van der Waals surface area (Å²) in [5.74, 6) is -0.641. The molecule has 2 aromatic rings. The van der Waals surface area contributed by atoms with Crippen LogP contribution in [0, 0.1) is 27.2 Å². The third-order valence-electron chi connectivity index (χ3n) is 4.69. The zero-order chi connectivity index (χ0) is 22.5. The topological polar surface area (TPSA) is 140 Å². The number of nitrogens with zero attached hydrogens (tertiary/aromatic N) is 3. The number of hydrogen-bond donors (Lipinski definition) is 2. The fourth-order valence-electron chi connectivity index (χ4n) is 3.07. The number of rotatable bonds is 5. The predicted molar refractivity (Wildman–Crippen MR) is 118 cm³/mol. The number of thiocarbonyl (C=S) groups is 1. The summed E-state index contributed by atoms with van der Waals surface area (Å²) < 4.78 is 5.27. The molecule has 1 aliphatic rings. The van der Waals surface area contributed by atoms with E-state index in [0.29, 0.717) is 43.2 Å². The molecule has 0 spiro atoms. The molecular formula is C19H19N5O6S. The van der Waals surface area contributed by atoms with Gasteiger partial charge < -0.3 is 15.0 Å². The molecule has 1 fully saturated rings. The number of carbonyl (C=O) groups excluding carboxylic acids is 1. The van der Waals surface area contributed by atoms with Crippen LogP contribution in [0.2, 0.25) is 0 Å². The maximum Gasteiger partial charge on any atom is 0.293 e. The smallest absolute Gasteiger partial charge is 0.293 e. The summed E-state index contributed by atoms with van der Waals surface area (Å²) in [5, 5.41) is 27.6. The Hall–Kier alpha value is -3.64. The van der Waals surface area contributed by atoms with Crippen molar-refractivity contribution in [3.8, 4) is 0 Å². The number of carbonyl (C=O) groups is 1. The van der Waals surface area contributed by atoms with E-state index in [4.69, 9.17) is 17.0 Å². The van der Waals surface area contributed by atoms with Crippen LogP contribution in [0.1, 0.15) is 15.9 Å². The van der Waals surface area contributed by atoms with Crippen molar-refractivity contribution in [2.75, 3.05) is 36.5 Å². The van der Waals surface area contributed by atoms with Gasteiger partial charge in [-0.05, 0) is 36.8 Å². The first-order chi connectivity index (χ1) is 14.8. The molecule has 0 unspecified atom stereocenters. The molecule has 0 saturated carbocycles. The van der Waals surface area contributed by atoms with E-state index in [-0.39, 0.29) is 22.1 Å². The number of morpholine rings is 1. The number of benzene rings is 2. The summed E-state index contributed by atoms with van der Waals surface area (Å²) in [7, 11) is 0. The second kappa shape index (κ2) is 9.45. The molecule has 2 aromatic carbocycles. The van der Waals surface area contributed by atoms with Crippen molar-refractivity contribution in [1.82, 2.24) is 5.32 Å². The summed E-state index contributed by atoms with van der Waals surface area (Å²) >= 11 is 5.12. The molecule has 1 heterocycles. The maximum absolute atomic E-state index is 12.6. The van der Waals surface area contributed by atoms with E-state index in [0.717, 1.165) is 0 Å². The van der Waals surface area contributed by atoms with Gasteiger partial charge in [0.2, 0.25) is 0 Å². The number of hydrogen-bond acceptors (Lipinski definition) is 8. The van der Waals surface area contributed by atoms with Crippen molar-refractivity contribution in [3.63, 3.8) is 0 Å². The van der Waals surface area contributed by atoms with Crippen LogP contribution in [0.15, 0.2) is 36.4 Å². The van der Waals surface area contributed by atoms with Gasteiger partial charge in [-0.2, -0.15) is 0 Å². The van der Waals surface area contributed by atoms with Gasteiger partial charge in [-0.25, -0.2) is 0 Å². The van der Waals surface area contributed by atoms with E-state index >= 15 is 0 Å². The lowest BCUT2D eigenvalue weighted by atomic mass is 10.1. The second-order valence-corrected chi connectivity index (χ2v) is 7.13. The van der Waals surface area contributed by atoms with Gasteiger partial charge in [0.1, 0.15) is 5.69 Å². The fourth-order valence-corrected chi connectivity index (χ4v) is 3.27. The SMILES string of the molecule is Cc1ccc([N+](=O)[O-])cc1NC(=S)NC(=O)c1ccc(N2CCOCC2)c([N+](=O)[O-])c1. The molecule has 31 heavy (non-hydrogen) atoms. The Balaban J connectivity index is 1.75. The number of aryl methyl sites for hydroxylation is 1. The van der Waals surface area contributed by atoms with Crippen LogP contribution in [0.25, 0.3) is 0 Å². The number of ether oxygens (including phenoxy) is 1. The Labute approximate surface area is 182 Å². The van der Waals surface area contributed by atoms with Crippen molar-refractivity contribution < 1.29 is 19.4 Å². The van der Waals surface area contributed by atoms with Gasteiger partial charge in [0.05, 0.1) is 23.1 Å². The highest BCUT2D eigenvalue weighted by Gasteiger charge is 2.23. The van der Waals surface area contributed by atoms with Crippen molar-refractivity contribution >= 4 is 46.0 Å². The Morgan fingerprint density at radius 1 is 1.10 bits per heavy atom. The molecule has 1 saturated heterocycles. The van der Waals surface area contributed by atoms with Crippen LogP contribution in [0.5, 0.6) is 0 Å². The molecule has 0 radical (unpaired) electrons. The third-order valence-corrected chi connectivity index (χ3v) is 4.90. The van der Waals surface area contributed by atoms with Gasteiger partial charge >= 0.3 is 0 Å². The standard InChI is InChI=1S/C19H19N5O6S/c1-12-2-4-14(23(26)27)11-15(12)20-19(31)21-18(25)13-3-5-16(17(10-13)24(28)29)22-6-8-30-9-7-22/h2-5,10-11H,6-9H2,1H3,(H2,20,21,25,31). The quantitative estimate of drug-likeness (QED) is 0.404. The zero-order valence-corrected chi connectivity index (χ0v) is 17.3. The first kappa shape index (κ1) is 22.1. The molecule has 11 nitrogen and oxygen atoms in total. The first-order valence-electron chi connectivity index (χ1n) is 9.25. The van der Waals surface area contributed by atoms with E-state index in [9.17, 15) is 25.0 Å². The van der Waals surface area contributed by atoms with E-state index in [1.54, 1.807) is 13.0 Å². The van der Waals surface area contributed by atoms with E-state index in [1.165, 1.54) is 30.3 Å². The Morgan fingerprint density at radius 3 is 2.45 bits per heavy atom. The minimum Gasteiger partial charge on any atom is -0.378 e. The Morgan fingerprint density at radius 2 is 1.81 bits per heavy atom. The summed E-state index contributed by atoms with van der Waals surface area (Å²) in [5.41, 5.74) is 1.21. The molecule has 3 rings (SSSR count). The Kier molecular flexibility index (Phi) is 6.72. The first-order valence-corrected chi connectivity index (χ1v) is 9.65. The van der Waals surface area contributed by atoms with Gasteiger partial charge in [0.15, 0.2) is 5.11 Å². The minimum atomic E-state index is -0.641. The zero-order valence-electron chi connectivity index (χ0n) is 16.5. The predicted octanol–water partition coefficient (Wildman–Crippen LogP) is 2.77. The highest BCUT2D eigenvalue weighted by atomic mass is 32.1. The maximum atomic E-state index is 12.6. The van der Waals surface area contributed by atoms with Crippen molar-refractivity contribution in [3.05, 3.63) is 67.8 Å². The van der Waals surface area contributed by atoms with E-state index < -0.39 is 15.8 Å². The molecular weight excluding hydrogens is 426 g/mol. The van der Waals surface area contributed by atoms with Crippen molar-refractivity contribution in [2.45, 2.75) is 6.92 Å². The second-order valence-electron chi connectivity index (χ2n) is 6.72. The molecule has 0 atom stereocenters. The summed E-state index contributed by atoms with van der Waals surface area (Å²) in [6.07, 6.45) is 0. The lowest BCUT2D eigenvalue weighted by molar-refractivity contribution is -0.384. The van der Waals surface area contributed by atoms with Crippen LogP contribution in [-0.4, -0.2) is 47.2 Å². The molecule has 1 amide bonds. The molecule has 2 N–H and O–H groups in total.